The lowest BCUT2D eigenvalue weighted by atomic mass is 10.1. The van der Waals surface area contributed by atoms with Crippen LogP contribution in [0, 0.1) is 17.2 Å². The SMILES string of the molecule is C[C@@H]1C[C@]1(C=O)C(=O)Nc1ccc(F)cc1. The van der Waals surface area contributed by atoms with E-state index < -0.39 is 5.41 Å². The third kappa shape index (κ3) is 1.71. The minimum atomic E-state index is -0.867. The van der Waals surface area contributed by atoms with E-state index in [1.807, 2.05) is 6.92 Å². The van der Waals surface area contributed by atoms with E-state index in [-0.39, 0.29) is 17.6 Å². The summed E-state index contributed by atoms with van der Waals surface area (Å²) in [5, 5.41) is 2.62. The molecule has 4 heteroatoms. The lowest BCUT2D eigenvalue weighted by molar-refractivity contribution is -0.127. The average molecular weight is 221 g/mol. The minimum absolute atomic E-state index is 0.0884. The van der Waals surface area contributed by atoms with Crippen LogP contribution in [0.15, 0.2) is 24.3 Å². The molecule has 1 saturated carbocycles. The van der Waals surface area contributed by atoms with Crippen LogP contribution in [0.1, 0.15) is 13.3 Å². The molecule has 2 atom stereocenters. The number of rotatable bonds is 3. The lowest BCUT2D eigenvalue weighted by Crippen LogP contribution is -2.26. The first-order chi connectivity index (χ1) is 7.58. The topological polar surface area (TPSA) is 46.2 Å². The van der Waals surface area contributed by atoms with Crippen LogP contribution >= 0.6 is 0 Å². The number of aldehydes is 1. The highest BCUT2D eigenvalue weighted by molar-refractivity contribution is 6.07. The first-order valence-electron chi connectivity index (χ1n) is 5.12. The van der Waals surface area contributed by atoms with Gasteiger partial charge >= 0.3 is 0 Å². The first-order valence-corrected chi connectivity index (χ1v) is 5.12. The van der Waals surface area contributed by atoms with Gasteiger partial charge in [-0.3, -0.25) is 4.79 Å². The Morgan fingerprint density at radius 1 is 1.50 bits per heavy atom. The maximum Gasteiger partial charge on any atom is 0.238 e. The molecular weight excluding hydrogens is 209 g/mol. The van der Waals surface area contributed by atoms with Gasteiger partial charge in [-0.05, 0) is 36.6 Å². The quantitative estimate of drug-likeness (QED) is 0.626. The van der Waals surface area contributed by atoms with Gasteiger partial charge in [0.05, 0.1) is 0 Å². The molecule has 0 saturated heterocycles. The second kappa shape index (κ2) is 3.70. The normalized spacial score (nSPS) is 27.2. The standard InChI is InChI=1S/C12H12FNO2/c1-8-6-12(8,7-15)11(16)14-10-4-2-9(13)3-5-10/h2-5,7-8H,6H2,1H3,(H,14,16)/t8-,12-/m1/s1. The molecule has 0 spiro atoms. The Hall–Kier alpha value is -1.71. The van der Waals surface area contributed by atoms with Crippen molar-refractivity contribution in [3.63, 3.8) is 0 Å². The fourth-order valence-corrected chi connectivity index (χ4v) is 1.76. The molecule has 16 heavy (non-hydrogen) atoms. The van der Waals surface area contributed by atoms with Crippen LogP contribution in [0.5, 0.6) is 0 Å². The summed E-state index contributed by atoms with van der Waals surface area (Å²) in [6, 6.07) is 5.47. The zero-order chi connectivity index (χ0) is 11.8. The van der Waals surface area contributed by atoms with E-state index in [0.717, 1.165) is 0 Å². The fourth-order valence-electron chi connectivity index (χ4n) is 1.76. The smallest absolute Gasteiger partial charge is 0.238 e. The summed E-state index contributed by atoms with van der Waals surface area (Å²) in [7, 11) is 0. The third-order valence-corrected chi connectivity index (χ3v) is 3.10. The van der Waals surface area contributed by atoms with Crippen molar-refractivity contribution >= 4 is 17.9 Å². The van der Waals surface area contributed by atoms with E-state index >= 15 is 0 Å². The lowest BCUT2D eigenvalue weighted by Gasteiger charge is -2.09. The van der Waals surface area contributed by atoms with Crippen molar-refractivity contribution in [3.05, 3.63) is 30.1 Å². The van der Waals surface area contributed by atoms with Crippen LogP contribution in [0.3, 0.4) is 0 Å². The largest absolute Gasteiger partial charge is 0.325 e. The van der Waals surface area contributed by atoms with Crippen molar-refractivity contribution < 1.29 is 14.0 Å². The van der Waals surface area contributed by atoms with E-state index in [0.29, 0.717) is 18.4 Å². The number of carbonyl (C=O) groups excluding carboxylic acids is 2. The first kappa shape index (κ1) is 10.8. The van der Waals surface area contributed by atoms with Gasteiger partial charge in [-0.1, -0.05) is 6.92 Å². The second-order valence-electron chi connectivity index (χ2n) is 4.22. The van der Waals surface area contributed by atoms with Crippen LogP contribution in [0.4, 0.5) is 10.1 Å². The molecule has 1 N–H and O–H groups in total. The van der Waals surface area contributed by atoms with Crippen LogP contribution in [0.2, 0.25) is 0 Å². The molecule has 0 aliphatic heterocycles. The summed E-state index contributed by atoms with van der Waals surface area (Å²) in [5.41, 5.74) is -0.360. The van der Waals surface area contributed by atoms with Crippen molar-refractivity contribution in [2.75, 3.05) is 5.32 Å². The molecule has 84 valence electrons. The molecule has 1 aliphatic rings. The maximum atomic E-state index is 12.6. The zero-order valence-corrected chi connectivity index (χ0v) is 8.87. The predicted octanol–water partition coefficient (Wildman–Crippen LogP) is 1.99. The molecule has 0 radical (unpaired) electrons. The molecule has 0 aromatic heterocycles. The zero-order valence-electron chi connectivity index (χ0n) is 8.87. The van der Waals surface area contributed by atoms with E-state index in [4.69, 9.17) is 0 Å². The van der Waals surface area contributed by atoms with Gasteiger partial charge in [-0.25, -0.2) is 4.39 Å². The molecule has 1 aromatic carbocycles. The third-order valence-electron chi connectivity index (χ3n) is 3.10. The van der Waals surface area contributed by atoms with Crippen LogP contribution in [-0.4, -0.2) is 12.2 Å². The van der Waals surface area contributed by atoms with Gasteiger partial charge < -0.3 is 10.1 Å². The summed E-state index contributed by atoms with van der Waals surface area (Å²) in [5.74, 6) is -0.574. The number of benzene rings is 1. The Labute approximate surface area is 92.7 Å². The molecule has 3 nitrogen and oxygen atoms in total. The van der Waals surface area contributed by atoms with E-state index in [9.17, 15) is 14.0 Å². The van der Waals surface area contributed by atoms with Gasteiger partial charge in [-0.15, -0.1) is 0 Å². The van der Waals surface area contributed by atoms with Crippen molar-refractivity contribution in [2.45, 2.75) is 13.3 Å². The minimum Gasteiger partial charge on any atom is -0.325 e. The Balaban J connectivity index is 2.08. The number of hydrogen-bond acceptors (Lipinski definition) is 2. The molecule has 2 rings (SSSR count). The van der Waals surface area contributed by atoms with Gasteiger partial charge in [0, 0.05) is 5.69 Å². The van der Waals surface area contributed by atoms with Crippen LogP contribution in [0.25, 0.3) is 0 Å². The Kier molecular flexibility index (Phi) is 2.50. The predicted molar refractivity (Wildman–Crippen MR) is 57.3 cm³/mol. The second-order valence-corrected chi connectivity index (χ2v) is 4.22. The Bertz CT molecular complexity index is 429. The van der Waals surface area contributed by atoms with Crippen molar-refractivity contribution in [1.29, 1.82) is 0 Å². The Morgan fingerprint density at radius 3 is 2.50 bits per heavy atom. The molecule has 1 amide bonds. The van der Waals surface area contributed by atoms with Gasteiger partial charge in [0.25, 0.3) is 0 Å². The molecular formula is C12H12FNO2. The summed E-state index contributed by atoms with van der Waals surface area (Å²) < 4.78 is 12.6. The Morgan fingerprint density at radius 2 is 2.06 bits per heavy atom. The van der Waals surface area contributed by atoms with Gasteiger partial charge in [0.1, 0.15) is 17.5 Å². The summed E-state index contributed by atoms with van der Waals surface area (Å²) in [4.78, 5) is 22.7. The van der Waals surface area contributed by atoms with Gasteiger partial charge in [-0.2, -0.15) is 0 Å². The van der Waals surface area contributed by atoms with Crippen molar-refractivity contribution in [3.8, 4) is 0 Å². The molecule has 0 unspecified atom stereocenters. The number of amides is 1. The number of anilines is 1. The van der Waals surface area contributed by atoms with Crippen molar-refractivity contribution in [1.82, 2.24) is 0 Å². The van der Waals surface area contributed by atoms with E-state index in [1.54, 1.807) is 0 Å². The van der Waals surface area contributed by atoms with Gasteiger partial charge in [0.2, 0.25) is 5.91 Å². The highest BCUT2D eigenvalue weighted by Crippen LogP contribution is 2.51. The van der Waals surface area contributed by atoms with Crippen LogP contribution in [-0.2, 0) is 9.59 Å². The summed E-state index contributed by atoms with van der Waals surface area (Å²) in [6.07, 6.45) is 1.29. The number of halogens is 1. The monoisotopic (exact) mass is 221 g/mol. The fraction of sp³-hybridized carbons (Fsp3) is 0.333. The maximum absolute atomic E-state index is 12.6. The highest BCUT2D eigenvalue weighted by atomic mass is 19.1. The summed E-state index contributed by atoms with van der Waals surface area (Å²) >= 11 is 0. The molecule has 1 fully saturated rings. The summed E-state index contributed by atoms with van der Waals surface area (Å²) in [6.45, 7) is 1.86. The average Bonchev–Trinajstić information content (AvgIpc) is 2.94. The number of nitrogens with one attached hydrogen (secondary N) is 1. The number of hydrogen-bond donors (Lipinski definition) is 1. The molecule has 0 bridgehead atoms. The van der Waals surface area contributed by atoms with Crippen LogP contribution < -0.4 is 5.32 Å². The molecule has 1 aromatic rings. The molecule has 0 heterocycles. The highest BCUT2D eigenvalue weighted by Gasteiger charge is 2.57. The van der Waals surface area contributed by atoms with E-state index in [1.165, 1.54) is 24.3 Å². The number of carbonyl (C=O) groups is 2. The molecule has 1 aliphatic carbocycles. The van der Waals surface area contributed by atoms with Gasteiger partial charge in [0.15, 0.2) is 0 Å². The van der Waals surface area contributed by atoms with Crippen molar-refractivity contribution in [2.24, 2.45) is 11.3 Å². The van der Waals surface area contributed by atoms with E-state index in [2.05, 4.69) is 5.32 Å².